The predicted octanol–water partition coefficient (Wildman–Crippen LogP) is 4.72. The lowest BCUT2D eigenvalue weighted by atomic mass is 9.88. The van der Waals surface area contributed by atoms with Crippen molar-refractivity contribution in [3.63, 3.8) is 0 Å². The monoisotopic (exact) mass is 363 g/mol. The number of carbonyl (C=O) groups excluding carboxylic acids is 1. The van der Waals surface area contributed by atoms with Gasteiger partial charge < -0.3 is 10.1 Å². The first-order valence-corrected chi connectivity index (χ1v) is 9.75. The van der Waals surface area contributed by atoms with E-state index in [0.717, 1.165) is 23.4 Å². The first-order valence-electron chi connectivity index (χ1n) is 8.93. The van der Waals surface area contributed by atoms with Gasteiger partial charge in [-0.15, -0.1) is 11.3 Å². The maximum Gasteiger partial charge on any atom is 0.348 e. The Morgan fingerprint density at radius 2 is 1.69 bits per heavy atom. The van der Waals surface area contributed by atoms with E-state index in [-0.39, 0.29) is 18.0 Å². The van der Waals surface area contributed by atoms with Crippen LogP contribution in [-0.4, -0.2) is 25.2 Å². The number of ether oxygens (including phenoxy) is 1. The zero-order valence-electron chi connectivity index (χ0n) is 14.4. The van der Waals surface area contributed by atoms with Crippen LogP contribution in [0.15, 0.2) is 72.8 Å². The van der Waals surface area contributed by atoms with E-state index in [1.54, 1.807) is 0 Å². The molecule has 4 heteroatoms. The SMILES string of the molecule is O=C(O[C@H]1CNCCC1c1ccccc1)c1ccc(-c2ccccc2)s1. The molecule has 1 fully saturated rings. The molecule has 2 atom stereocenters. The van der Waals surface area contributed by atoms with Gasteiger partial charge in [0.25, 0.3) is 0 Å². The minimum absolute atomic E-state index is 0.138. The van der Waals surface area contributed by atoms with Crippen molar-refractivity contribution in [2.45, 2.75) is 18.4 Å². The van der Waals surface area contributed by atoms with Crippen LogP contribution in [0.3, 0.4) is 0 Å². The number of piperidine rings is 1. The van der Waals surface area contributed by atoms with Gasteiger partial charge in [0, 0.05) is 17.3 Å². The maximum atomic E-state index is 12.7. The smallest absolute Gasteiger partial charge is 0.348 e. The standard InChI is InChI=1S/C22H21NO2S/c24-22(21-12-11-20(26-21)17-9-5-2-6-10-17)25-19-15-23-14-13-18(19)16-7-3-1-4-8-16/h1-12,18-19,23H,13-15H2/t18?,19-/m0/s1. The van der Waals surface area contributed by atoms with Gasteiger partial charge in [-0.3, -0.25) is 0 Å². The van der Waals surface area contributed by atoms with Crippen molar-refractivity contribution in [3.8, 4) is 10.4 Å². The van der Waals surface area contributed by atoms with Gasteiger partial charge in [-0.05, 0) is 36.2 Å². The van der Waals surface area contributed by atoms with Crippen molar-refractivity contribution in [3.05, 3.63) is 83.2 Å². The summed E-state index contributed by atoms with van der Waals surface area (Å²) in [4.78, 5) is 14.4. The first kappa shape index (κ1) is 17.0. The second-order valence-corrected chi connectivity index (χ2v) is 7.57. The highest BCUT2D eigenvalue weighted by Gasteiger charge is 2.30. The average Bonchev–Trinajstić information content (AvgIpc) is 3.20. The molecule has 1 aliphatic heterocycles. The molecular weight excluding hydrogens is 342 g/mol. The van der Waals surface area contributed by atoms with Crippen LogP contribution < -0.4 is 5.32 Å². The molecule has 0 amide bonds. The number of carbonyl (C=O) groups is 1. The Labute approximate surface area is 157 Å². The third-order valence-corrected chi connectivity index (χ3v) is 5.89. The molecule has 3 nitrogen and oxygen atoms in total. The molecule has 0 aliphatic carbocycles. The third kappa shape index (κ3) is 3.71. The maximum absolute atomic E-state index is 12.7. The highest BCUT2D eigenvalue weighted by Crippen LogP contribution is 2.31. The lowest BCUT2D eigenvalue weighted by Gasteiger charge is -2.32. The summed E-state index contributed by atoms with van der Waals surface area (Å²) in [6.07, 6.45) is 0.836. The largest absolute Gasteiger partial charge is 0.456 e. The summed E-state index contributed by atoms with van der Waals surface area (Å²) in [5, 5.41) is 3.35. The molecule has 26 heavy (non-hydrogen) atoms. The minimum atomic E-state index is -0.230. The van der Waals surface area contributed by atoms with E-state index in [4.69, 9.17) is 4.74 Å². The zero-order chi connectivity index (χ0) is 17.8. The van der Waals surface area contributed by atoms with E-state index in [0.29, 0.717) is 11.4 Å². The van der Waals surface area contributed by atoms with E-state index < -0.39 is 0 Å². The fourth-order valence-corrected chi connectivity index (χ4v) is 4.33. The Balaban J connectivity index is 1.49. The molecule has 2 aromatic carbocycles. The van der Waals surface area contributed by atoms with Gasteiger partial charge in [0.2, 0.25) is 0 Å². The first-order chi connectivity index (χ1) is 12.8. The van der Waals surface area contributed by atoms with E-state index in [2.05, 4.69) is 29.6 Å². The van der Waals surface area contributed by atoms with Gasteiger partial charge in [0.15, 0.2) is 0 Å². The van der Waals surface area contributed by atoms with Crippen molar-refractivity contribution in [2.75, 3.05) is 13.1 Å². The summed E-state index contributed by atoms with van der Waals surface area (Å²) in [5.41, 5.74) is 2.36. The molecule has 1 N–H and O–H groups in total. The number of rotatable bonds is 4. The molecule has 1 aliphatic rings. The number of thiophene rings is 1. The quantitative estimate of drug-likeness (QED) is 0.682. The van der Waals surface area contributed by atoms with Crippen molar-refractivity contribution < 1.29 is 9.53 Å². The predicted molar refractivity (Wildman–Crippen MR) is 106 cm³/mol. The van der Waals surface area contributed by atoms with Crippen molar-refractivity contribution in [1.82, 2.24) is 5.32 Å². The van der Waals surface area contributed by atoms with Crippen LogP contribution in [0.2, 0.25) is 0 Å². The van der Waals surface area contributed by atoms with Crippen LogP contribution in [0.25, 0.3) is 10.4 Å². The van der Waals surface area contributed by atoms with Gasteiger partial charge >= 0.3 is 5.97 Å². The highest BCUT2D eigenvalue weighted by atomic mass is 32.1. The second kappa shape index (κ2) is 7.85. The van der Waals surface area contributed by atoms with Crippen LogP contribution in [0.4, 0.5) is 0 Å². The molecule has 1 unspecified atom stereocenters. The summed E-state index contributed by atoms with van der Waals surface area (Å²) < 4.78 is 5.90. The van der Waals surface area contributed by atoms with Crippen molar-refractivity contribution in [1.29, 1.82) is 0 Å². The zero-order valence-corrected chi connectivity index (χ0v) is 15.2. The van der Waals surface area contributed by atoms with Gasteiger partial charge in [0.1, 0.15) is 11.0 Å². The number of hydrogen-bond acceptors (Lipinski definition) is 4. The average molecular weight is 363 g/mol. The number of esters is 1. The molecule has 0 radical (unpaired) electrons. The van der Waals surface area contributed by atoms with E-state index in [9.17, 15) is 4.79 Å². The Morgan fingerprint density at radius 1 is 0.962 bits per heavy atom. The lowest BCUT2D eigenvalue weighted by molar-refractivity contribution is 0.0188. The Bertz CT molecular complexity index is 860. The highest BCUT2D eigenvalue weighted by molar-refractivity contribution is 7.17. The lowest BCUT2D eigenvalue weighted by Crippen LogP contribution is -2.42. The van der Waals surface area contributed by atoms with Crippen molar-refractivity contribution in [2.24, 2.45) is 0 Å². The normalized spacial score (nSPS) is 19.8. The fraction of sp³-hybridized carbons (Fsp3) is 0.227. The summed E-state index contributed by atoms with van der Waals surface area (Å²) in [5.74, 6) is 0.0155. The number of nitrogens with one attached hydrogen (secondary N) is 1. The Morgan fingerprint density at radius 3 is 2.46 bits per heavy atom. The van der Waals surface area contributed by atoms with Gasteiger partial charge in [0.05, 0.1) is 0 Å². The topological polar surface area (TPSA) is 38.3 Å². The molecule has 1 aromatic heterocycles. The van der Waals surface area contributed by atoms with Crippen LogP contribution >= 0.6 is 11.3 Å². The molecule has 0 bridgehead atoms. The van der Waals surface area contributed by atoms with E-state index >= 15 is 0 Å². The van der Waals surface area contributed by atoms with Crippen LogP contribution in [0, 0.1) is 0 Å². The number of benzene rings is 2. The summed E-state index contributed by atoms with van der Waals surface area (Å²) in [6.45, 7) is 1.65. The minimum Gasteiger partial charge on any atom is -0.456 e. The molecule has 0 spiro atoms. The van der Waals surface area contributed by atoms with Crippen molar-refractivity contribution >= 4 is 17.3 Å². The van der Waals surface area contributed by atoms with Gasteiger partial charge in [-0.2, -0.15) is 0 Å². The van der Waals surface area contributed by atoms with Crippen LogP contribution in [0.1, 0.15) is 27.6 Å². The number of hydrogen-bond donors (Lipinski definition) is 1. The van der Waals surface area contributed by atoms with Crippen LogP contribution in [0.5, 0.6) is 0 Å². The molecule has 2 heterocycles. The molecular formula is C22H21NO2S. The van der Waals surface area contributed by atoms with Crippen LogP contribution in [-0.2, 0) is 4.74 Å². The molecule has 132 valence electrons. The third-order valence-electron chi connectivity index (χ3n) is 4.78. The van der Waals surface area contributed by atoms with E-state index in [1.807, 2.05) is 48.5 Å². The molecule has 4 rings (SSSR count). The Hall–Kier alpha value is -2.43. The summed E-state index contributed by atoms with van der Waals surface area (Å²) >= 11 is 1.48. The van der Waals surface area contributed by atoms with Gasteiger partial charge in [-0.25, -0.2) is 4.79 Å². The Kier molecular flexibility index (Phi) is 5.14. The molecule has 1 saturated heterocycles. The molecule has 3 aromatic rings. The second-order valence-electron chi connectivity index (χ2n) is 6.48. The summed E-state index contributed by atoms with van der Waals surface area (Å²) in [7, 11) is 0. The molecule has 0 saturated carbocycles. The van der Waals surface area contributed by atoms with E-state index in [1.165, 1.54) is 16.9 Å². The fourth-order valence-electron chi connectivity index (χ4n) is 3.44. The summed E-state index contributed by atoms with van der Waals surface area (Å²) in [6, 6.07) is 24.3. The van der Waals surface area contributed by atoms with Gasteiger partial charge in [-0.1, -0.05) is 60.7 Å².